The molecule has 0 unspecified atom stereocenters. The maximum atomic E-state index is 12.4. The van der Waals surface area contributed by atoms with Crippen LogP contribution in [0.15, 0.2) is 23.2 Å². The highest BCUT2D eigenvalue weighted by atomic mass is 32.2. The van der Waals surface area contributed by atoms with Gasteiger partial charge in [0.1, 0.15) is 10.6 Å². The molecule has 0 amide bonds. The van der Waals surface area contributed by atoms with E-state index in [0.29, 0.717) is 19.2 Å². The van der Waals surface area contributed by atoms with Crippen molar-refractivity contribution < 1.29 is 21.6 Å². The molecule has 21 heavy (non-hydrogen) atoms. The number of thioether (sulfide) groups is 1. The molecule has 0 spiro atoms. The highest BCUT2D eigenvalue weighted by molar-refractivity contribution is 8.00. The Morgan fingerprint density at radius 2 is 1.81 bits per heavy atom. The third-order valence-electron chi connectivity index (χ3n) is 3.05. The minimum Gasteiger partial charge on any atom is -0.250 e. The topological polar surface area (TPSA) is 50.3 Å². The van der Waals surface area contributed by atoms with Gasteiger partial charge < -0.3 is 0 Å². The van der Waals surface area contributed by atoms with E-state index < -0.39 is 21.9 Å². The van der Waals surface area contributed by atoms with Crippen LogP contribution in [0.1, 0.15) is 19.5 Å². The summed E-state index contributed by atoms with van der Waals surface area (Å²) in [5.74, 6) is 0. The summed E-state index contributed by atoms with van der Waals surface area (Å²) in [5, 5.41) is 0.289. The number of hydrogen-bond acceptors (Lipinski definition) is 4. The molecule has 2 heterocycles. The van der Waals surface area contributed by atoms with Gasteiger partial charge in [0.15, 0.2) is 0 Å². The van der Waals surface area contributed by atoms with Crippen molar-refractivity contribution in [1.82, 2.24) is 9.29 Å². The van der Waals surface area contributed by atoms with Crippen LogP contribution in [0.3, 0.4) is 0 Å². The maximum Gasteiger partial charge on any atom is 0.433 e. The van der Waals surface area contributed by atoms with E-state index in [-0.39, 0.29) is 15.4 Å². The number of alkyl halides is 3. The molecule has 2 atom stereocenters. The van der Waals surface area contributed by atoms with Crippen molar-refractivity contribution in [2.45, 2.75) is 35.4 Å². The number of hydrogen-bond donors (Lipinski definition) is 0. The number of nitrogens with zero attached hydrogens (tertiary/aromatic N) is 2. The quantitative estimate of drug-likeness (QED) is 0.830. The van der Waals surface area contributed by atoms with Gasteiger partial charge in [0.05, 0.1) is 0 Å². The van der Waals surface area contributed by atoms with Crippen LogP contribution in [0.4, 0.5) is 13.2 Å². The third kappa shape index (κ3) is 3.70. The fourth-order valence-electron chi connectivity index (χ4n) is 2.18. The maximum absolute atomic E-state index is 12.4. The molecule has 1 fully saturated rings. The van der Waals surface area contributed by atoms with Gasteiger partial charge in [-0.1, -0.05) is 13.8 Å². The van der Waals surface area contributed by atoms with Crippen molar-refractivity contribution in [2.75, 3.05) is 13.1 Å². The molecule has 1 aliphatic rings. The minimum absolute atomic E-state index is 0.144. The van der Waals surface area contributed by atoms with Crippen molar-refractivity contribution in [1.29, 1.82) is 0 Å². The fraction of sp³-hybridized carbons (Fsp3) is 0.583. The molecule has 0 aromatic carbocycles. The number of halogens is 3. The first-order valence-electron chi connectivity index (χ1n) is 6.29. The van der Waals surface area contributed by atoms with Crippen LogP contribution in [-0.2, 0) is 16.2 Å². The zero-order valence-corrected chi connectivity index (χ0v) is 13.1. The lowest BCUT2D eigenvalue weighted by molar-refractivity contribution is -0.141. The Balaban J connectivity index is 2.27. The summed E-state index contributed by atoms with van der Waals surface area (Å²) in [6.45, 7) is 4.54. The minimum atomic E-state index is -4.58. The van der Waals surface area contributed by atoms with Gasteiger partial charge >= 0.3 is 6.18 Å². The van der Waals surface area contributed by atoms with Gasteiger partial charge in [-0.3, -0.25) is 4.98 Å². The molecule has 1 saturated heterocycles. The van der Waals surface area contributed by atoms with E-state index in [4.69, 9.17) is 0 Å². The van der Waals surface area contributed by atoms with Gasteiger partial charge in [0, 0.05) is 29.8 Å². The monoisotopic (exact) mass is 340 g/mol. The normalized spacial score (nSPS) is 25.0. The molecule has 118 valence electrons. The smallest absolute Gasteiger partial charge is 0.250 e. The van der Waals surface area contributed by atoms with E-state index in [0.717, 1.165) is 12.3 Å². The van der Waals surface area contributed by atoms with Crippen LogP contribution in [0, 0.1) is 0 Å². The van der Waals surface area contributed by atoms with E-state index >= 15 is 0 Å². The molecule has 1 aliphatic heterocycles. The summed E-state index contributed by atoms with van der Waals surface area (Å²) in [5.41, 5.74) is -1.10. The number of aromatic nitrogens is 1. The van der Waals surface area contributed by atoms with Gasteiger partial charge in [0.2, 0.25) is 10.0 Å². The molecular formula is C12H15F3N2O2S2. The lowest BCUT2D eigenvalue weighted by atomic mass is 10.3. The van der Waals surface area contributed by atoms with Crippen molar-refractivity contribution in [3.63, 3.8) is 0 Å². The molecule has 0 aliphatic carbocycles. The van der Waals surface area contributed by atoms with E-state index in [1.54, 1.807) is 11.8 Å². The third-order valence-corrected chi connectivity index (χ3v) is 6.09. The Hall–Kier alpha value is -0.800. The summed E-state index contributed by atoms with van der Waals surface area (Å²) in [4.78, 5) is 3.01. The molecule has 0 radical (unpaired) electrons. The molecule has 9 heteroatoms. The van der Waals surface area contributed by atoms with Gasteiger partial charge in [-0.15, -0.1) is 0 Å². The van der Waals surface area contributed by atoms with E-state index in [2.05, 4.69) is 4.98 Å². The Labute approximate surface area is 125 Å². The van der Waals surface area contributed by atoms with Gasteiger partial charge in [-0.25, -0.2) is 8.42 Å². The second-order valence-corrected chi connectivity index (χ2v) is 8.78. The van der Waals surface area contributed by atoms with Gasteiger partial charge in [0.25, 0.3) is 0 Å². The van der Waals surface area contributed by atoms with Crippen molar-refractivity contribution in [3.8, 4) is 0 Å². The first kappa shape index (κ1) is 16.6. The molecular weight excluding hydrogens is 325 g/mol. The zero-order chi connectivity index (χ0) is 15.8. The second kappa shape index (κ2) is 5.77. The van der Waals surface area contributed by atoms with Crippen molar-refractivity contribution >= 4 is 21.8 Å². The Morgan fingerprint density at radius 1 is 1.24 bits per heavy atom. The van der Waals surface area contributed by atoms with Crippen LogP contribution in [0.2, 0.25) is 0 Å². The number of pyridine rings is 1. The average Bonchev–Trinajstić information content (AvgIpc) is 2.36. The van der Waals surface area contributed by atoms with Crippen molar-refractivity contribution in [3.05, 3.63) is 24.0 Å². The average molecular weight is 340 g/mol. The molecule has 0 bridgehead atoms. The largest absolute Gasteiger partial charge is 0.433 e. The highest BCUT2D eigenvalue weighted by Gasteiger charge is 2.35. The number of rotatable bonds is 2. The molecule has 4 nitrogen and oxygen atoms in total. The van der Waals surface area contributed by atoms with Crippen LogP contribution in [0.5, 0.6) is 0 Å². The predicted octanol–water partition coefficient (Wildman–Crippen LogP) is 2.61. The lowest BCUT2D eigenvalue weighted by Crippen LogP contribution is -2.43. The Kier molecular flexibility index (Phi) is 4.55. The first-order valence-corrected chi connectivity index (χ1v) is 8.68. The van der Waals surface area contributed by atoms with E-state index in [1.807, 2.05) is 13.8 Å². The first-order chi connectivity index (χ1) is 9.60. The molecule has 1 aromatic rings. The standard InChI is InChI=1S/C12H15F3N2O2S2/c1-8-6-17(7-9(2)20-8)21(18,19)10-3-4-11(16-5-10)12(13,14)15/h3-5,8-9H,6-7H2,1-2H3/t8-,9-/m1/s1. The van der Waals surface area contributed by atoms with E-state index in [1.165, 1.54) is 4.31 Å². The molecule has 1 aromatic heterocycles. The SMILES string of the molecule is C[C@@H]1CN(S(=O)(=O)c2ccc(C(F)(F)F)nc2)C[C@@H](C)S1. The summed E-state index contributed by atoms with van der Waals surface area (Å²) >= 11 is 1.69. The Morgan fingerprint density at radius 3 is 2.24 bits per heavy atom. The second-order valence-electron chi connectivity index (χ2n) is 4.96. The van der Waals surface area contributed by atoms with Gasteiger partial charge in [-0.2, -0.15) is 29.2 Å². The van der Waals surface area contributed by atoms with Crippen LogP contribution in [0.25, 0.3) is 0 Å². The molecule has 0 N–H and O–H groups in total. The molecule has 0 saturated carbocycles. The summed E-state index contributed by atoms with van der Waals surface area (Å²) in [6.07, 6.45) is -3.80. The number of sulfonamides is 1. The highest BCUT2D eigenvalue weighted by Crippen LogP contribution is 2.30. The van der Waals surface area contributed by atoms with Crippen LogP contribution >= 0.6 is 11.8 Å². The zero-order valence-electron chi connectivity index (χ0n) is 11.5. The van der Waals surface area contributed by atoms with Gasteiger partial charge in [-0.05, 0) is 12.1 Å². The van der Waals surface area contributed by atoms with Crippen LogP contribution < -0.4 is 0 Å². The van der Waals surface area contributed by atoms with E-state index in [9.17, 15) is 21.6 Å². The lowest BCUT2D eigenvalue weighted by Gasteiger charge is -2.33. The predicted molar refractivity (Wildman–Crippen MR) is 74.5 cm³/mol. The summed E-state index contributed by atoms with van der Waals surface area (Å²) < 4.78 is 63.5. The summed E-state index contributed by atoms with van der Waals surface area (Å²) in [7, 11) is -3.80. The fourth-order valence-corrected chi connectivity index (χ4v) is 5.25. The Bertz CT molecular complexity index is 592. The van der Waals surface area contributed by atoms with Crippen LogP contribution in [-0.4, -0.2) is 41.3 Å². The summed E-state index contributed by atoms with van der Waals surface area (Å²) in [6, 6.07) is 1.65. The molecule has 2 rings (SSSR count). The van der Waals surface area contributed by atoms with Crippen molar-refractivity contribution in [2.24, 2.45) is 0 Å².